The summed E-state index contributed by atoms with van der Waals surface area (Å²) in [7, 11) is 0. The van der Waals surface area contributed by atoms with Crippen LogP contribution < -0.4 is 5.32 Å². The third kappa shape index (κ3) is 5.54. The third-order valence-electron chi connectivity index (χ3n) is 3.81. The maximum absolute atomic E-state index is 12.9. The van der Waals surface area contributed by atoms with Crippen molar-refractivity contribution in [2.75, 3.05) is 0 Å². The van der Waals surface area contributed by atoms with Crippen LogP contribution in [0.4, 0.5) is 17.6 Å². The molecule has 0 aliphatic heterocycles. The van der Waals surface area contributed by atoms with Crippen molar-refractivity contribution in [1.82, 2.24) is 5.32 Å². The molecule has 2 atom stereocenters. The Morgan fingerprint density at radius 3 is 2.26 bits per heavy atom. The largest absolute Gasteiger partial charge is 0.449 e. The van der Waals surface area contributed by atoms with Crippen molar-refractivity contribution in [3.05, 3.63) is 71.0 Å². The highest BCUT2D eigenvalue weighted by Crippen LogP contribution is 2.29. The van der Waals surface area contributed by atoms with E-state index in [2.05, 4.69) is 5.32 Å². The topological polar surface area (TPSA) is 55.4 Å². The number of halogens is 4. The lowest BCUT2D eigenvalue weighted by atomic mass is 10.1. The van der Waals surface area contributed by atoms with Crippen molar-refractivity contribution >= 4 is 11.9 Å². The van der Waals surface area contributed by atoms with Gasteiger partial charge in [0, 0.05) is 0 Å². The second-order valence-corrected chi connectivity index (χ2v) is 5.91. The summed E-state index contributed by atoms with van der Waals surface area (Å²) in [6, 6.07) is 8.76. The molecule has 0 fully saturated rings. The zero-order chi connectivity index (χ0) is 20.2. The molecule has 2 aromatic carbocycles. The molecular formula is C19H17F4NO3. The Labute approximate surface area is 153 Å². The van der Waals surface area contributed by atoms with Crippen molar-refractivity contribution in [2.45, 2.75) is 32.2 Å². The van der Waals surface area contributed by atoms with Gasteiger partial charge in [0.2, 0.25) is 0 Å². The number of ether oxygens (including phenoxy) is 1. The van der Waals surface area contributed by atoms with Crippen LogP contribution in [0.25, 0.3) is 0 Å². The van der Waals surface area contributed by atoms with Crippen LogP contribution in [-0.4, -0.2) is 18.0 Å². The van der Waals surface area contributed by atoms with Gasteiger partial charge in [-0.3, -0.25) is 4.79 Å². The zero-order valence-electron chi connectivity index (χ0n) is 14.5. The summed E-state index contributed by atoms with van der Waals surface area (Å²) in [6.07, 6.45) is -5.82. The maximum atomic E-state index is 12.9. The summed E-state index contributed by atoms with van der Waals surface area (Å²) < 4.78 is 56.0. The molecule has 0 heterocycles. The number of nitrogens with one attached hydrogen (secondary N) is 1. The van der Waals surface area contributed by atoms with Crippen molar-refractivity contribution in [3.8, 4) is 0 Å². The molecule has 0 saturated carbocycles. The van der Waals surface area contributed by atoms with E-state index in [-0.39, 0.29) is 5.56 Å². The Kier molecular flexibility index (Phi) is 6.20. The smallest absolute Gasteiger partial charge is 0.416 e. The standard InChI is InChI=1S/C19H17F4NO3/c1-11(13-6-8-16(20)9-7-13)24-17(25)12(2)27-18(26)14-4-3-5-15(10-14)19(21,22)23/h3-12H,1-2H3,(H,24,25)/t11-,12+/m0/s1. The van der Waals surface area contributed by atoms with Crippen LogP contribution in [0.2, 0.25) is 0 Å². The molecule has 0 saturated heterocycles. The zero-order valence-corrected chi connectivity index (χ0v) is 14.5. The Balaban J connectivity index is 1.99. The molecule has 2 rings (SSSR count). The van der Waals surface area contributed by atoms with Gasteiger partial charge >= 0.3 is 12.1 Å². The van der Waals surface area contributed by atoms with Gasteiger partial charge in [-0.05, 0) is 49.7 Å². The summed E-state index contributed by atoms with van der Waals surface area (Å²) in [5, 5.41) is 2.59. The van der Waals surface area contributed by atoms with Gasteiger partial charge in [-0.25, -0.2) is 9.18 Å². The van der Waals surface area contributed by atoms with Crippen LogP contribution in [0.15, 0.2) is 48.5 Å². The van der Waals surface area contributed by atoms with E-state index in [0.717, 1.165) is 12.1 Å². The van der Waals surface area contributed by atoms with Gasteiger partial charge in [-0.1, -0.05) is 18.2 Å². The number of amides is 1. The van der Waals surface area contributed by atoms with Gasteiger partial charge in [-0.15, -0.1) is 0 Å². The van der Waals surface area contributed by atoms with Gasteiger partial charge in [-0.2, -0.15) is 13.2 Å². The first kappa shape index (κ1) is 20.4. The van der Waals surface area contributed by atoms with E-state index in [9.17, 15) is 27.2 Å². The third-order valence-corrected chi connectivity index (χ3v) is 3.81. The lowest BCUT2D eigenvalue weighted by Gasteiger charge is -2.18. The monoisotopic (exact) mass is 383 g/mol. The number of carbonyl (C=O) groups is 2. The first-order valence-electron chi connectivity index (χ1n) is 8.02. The summed E-state index contributed by atoms with van der Waals surface area (Å²) >= 11 is 0. The Bertz CT molecular complexity index is 818. The lowest BCUT2D eigenvalue weighted by Crippen LogP contribution is -2.37. The van der Waals surface area contributed by atoms with Gasteiger partial charge in [0.15, 0.2) is 6.10 Å². The average molecular weight is 383 g/mol. The molecule has 0 aromatic heterocycles. The van der Waals surface area contributed by atoms with E-state index < -0.39 is 41.6 Å². The van der Waals surface area contributed by atoms with Crippen LogP contribution in [0, 0.1) is 5.82 Å². The van der Waals surface area contributed by atoms with E-state index in [1.807, 2.05) is 0 Å². The fraction of sp³-hybridized carbons (Fsp3) is 0.263. The van der Waals surface area contributed by atoms with Gasteiger partial charge in [0.1, 0.15) is 5.82 Å². The molecule has 0 aliphatic rings. The van der Waals surface area contributed by atoms with Crippen molar-refractivity contribution < 1.29 is 31.9 Å². The number of esters is 1. The molecule has 0 unspecified atom stereocenters. The summed E-state index contributed by atoms with van der Waals surface area (Å²) in [6.45, 7) is 2.96. The number of carbonyl (C=O) groups excluding carboxylic acids is 2. The number of benzene rings is 2. The Morgan fingerprint density at radius 1 is 1.04 bits per heavy atom. The fourth-order valence-electron chi connectivity index (χ4n) is 2.27. The summed E-state index contributed by atoms with van der Waals surface area (Å²) in [5.41, 5.74) is -0.656. The highest BCUT2D eigenvalue weighted by molar-refractivity contribution is 5.92. The van der Waals surface area contributed by atoms with Crippen LogP contribution in [0.1, 0.15) is 41.4 Å². The molecule has 1 amide bonds. The van der Waals surface area contributed by atoms with Crippen molar-refractivity contribution in [2.24, 2.45) is 0 Å². The average Bonchev–Trinajstić information content (AvgIpc) is 2.61. The van der Waals surface area contributed by atoms with Crippen LogP contribution >= 0.6 is 0 Å². The molecule has 0 spiro atoms. The molecule has 0 aliphatic carbocycles. The number of hydrogen-bond donors (Lipinski definition) is 1. The quantitative estimate of drug-likeness (QED) is 0.620. The SMILES string of the molecule is C[C@H](NC(=O)[C@@H](C)OC(=O)c1cccc(C(F)(F)F)c1)c1ccc(F)cc1. The van der Waals surface area contributed by atoms with E-state index in [0.29, 0.717) is 11.6 Å². The summed E-state index contributed by atoms with van der Waals surface area (Å²) in [5.74, 6) is -2.09. The van der Waals surface area contributed by atoms with Crippen LogP contribution in [0.5, 0.6) is 0 Å². The highest BCUT2D eigenvalue weighted by Gasteiger charge is 2.31. The minimum atomic E-state index is -4.59. The number of hydrogen-bond acceptors (Lipinski definition) is 3. The molecule has 8 heteroatoms. The molecule has 0 bridgehead atoms. The highest BCUT2D eigenvalue weighted by atomic mass is 19.4. The van der Waals surface area contributed by atoms with Crippen molar-refractivity contribution in [1.29, 1.82) is 0 Å². The van der Waals surface area contributed by atoms with E-state index in [4.69, 9.17) is 4.74 Å². The Morgan fingerprint density at radius 2 is 1.67 bits per heavy atom. The predicted octanol–water partition coefficient (Wildman–Crippen LogP) is 4.27. The van der Waals surface area contributed by atoms with Crippen LogP contribution in [0.3, 0.4) is 0 Å². The molecule has 2 aromatic rings. The van der Waals surface area contributed by atoms with Crippen LogP contribution in [-0.2, 0) is 15.7 Å². The lowest BCUT2D eigenvalue weighted by molar-refractivity contribution is -0.137. The second-order valence-electron chi connectivity index (χ2n) is 5.91. The first-order valence-corrected chi connectivity index (χ1v) is 8.02. The molecular weight excluding hydrogens is 366 g/mol. The van der Waals surface area contributed by atoms with E-state index in [1.165, 1.54) is 37.3 Å². The number of alkyl halides is 3. The second kappa shape index (κ2) is 8.20. The molecule has 144 valence electrons. The van der Waals surface area contributed by atoms with Gasteiger partial charge < -0.3 is 10.1 Å². The minimum absolute atomic E-state index is 0.309. The van der Waals surface area contributed by atoms with Gasteiger partial charge in [0.05, 0.1) is 17.2 Å². The summed E-state index contributed by atoms with van der Waals surface area (Å²) in [4.78, 5) is 24.2. The minimum Gasteiger partial charge on any atom is -0.449 e. The normalized spacial score (nSPS) is 13.6. The Hall–Kier alpha value is -2.90. The van der Waals surface area contributed by atoms with E-state index >= 15 is 0 Å². The molecule has 4 nitrogen and oxygen atoms in total. The maximum Gasteiger partial charge on any atom is 0.416 e. The fourth-order valence-corrected chi connectivity index (χ4v) is 2.27. The predicted molar refractivity (Wildman–Crippen MR) is 89.3 cm³/mol. The van der Waals surface area contributed by atoms with Crippen molar-refractivity contribution in [3.63, 3.8) is 0 Å². The molecule has 27 heavy (non-hydrogen) atoms. The first-order chi connectivity index (χ1) is 12.6. The number of rotatable bonds is 5. The molecule has 1 N–H and O–H groups in total. The molecule has 0 radical (unpaired) electrons. The van der Waals surface area contributed by atoms with E-state index in [1.54, 1.807) is 6.92 Å². The van der Waals surface area contributed by atoms with Gasteiger partial charge in [0.25, 0.3) is 5.91 Å².